The molecular formula is C15H22ClN3O4. The lowest BCUT2D eigenvalue weighted by molar-refractivity contribution is -0.114. The minimum atomic E-state index is -0.373. The van der Waals surface area contributed by atoms with E-state index in [0.29, 0.717) is 22.7 Å². The molecule has 0 radical (unpaired) electrons. The highest BCUT2D eigenvalue weighted by Crippen LogP contribution is 2.34. The number of ether oxygens (including phenoxy) is 2. The van der Waals surface area contributed by atoms with Crippen molar-refractivity contribution in [1.29, 1.82) is 0 Å². The van der Waals surface area contributed by atoms with E-state index in [1.165, 1.54) is 14.2 Å². The van der Waals surface area contributed by atoms with E-state index < -0.39 is 0 Å². The summed E-state index contributed by atoms with van der Waals surface area (Å²) in [5.74, 6) is 0.372. The summed E-state index contributed by atoms with van der Waals surface area (Å²) in [6.45, 7) is 1.28. The maximum atomic E-state index is 12.7. The summed E-state index contributed by atoms with van der Waals surface area (Å²) in [5, 5.41) is 2.64. The average Bonchev–Trinajstić information content (AvgIpc) is 3.08. The lowest BCUT2D eigenvalue weighted by atomic mass is 10.1. The van der Waals surface area contributed by atoms with E-state index in [1.54, 1.807) is 17.0 Å². The minimum absolute atomic E-state index is 0. The number of hydrogen-bond acceptors (Lipinski definition) is 5. The normalized spacial score (nSPS) is 13.3. The molecular weight excluding hydrogens is 322 g/mol. The van der Waals surface area contributed by atoms with Crippen LogP contribution in [-0.4, -0.2) is 50.6 Å². The highest BCUT2D eigenvalue weighted by molar-refractivity contribution is 6.05. The molecule has 0 saturated carbocycles. The molecule has 0 unspecified atom stereocenters. The van der Waals surface area contributed by atoms with Crippen LogP contribution in [0.2, 0.25) is 0 Å². The number of halogens is 1. The fraction of sp³-hybridized carbons (Fsp3) is 0.467. The van der Waals surface area contributed by atoms with E-state index in [1.807, 2.05) is 0 Å². The summed E-state index contributed by atoms with van der Waals surface area (Å²) < 4.78 is 10.5. The van der Waals surface area contributed by atoms with Crippen LogP contribution in [0.3, 0.4) is 0 Å². The van der Waals surface area contributed by atoms with Gasteiger partial charge in [0.05, 0.1) is 32.0 Å². The largest absolute Gasteiger partial charge is 0.493 e. The summed E-state index contributed by atoms with van der Waals surface area (Å²) in [4.78, 5) is 26.0. The van der Waals surface area contributed by atoms with Crippen LogP contribution in [0.4, 0.5) is 5.69 Å². The first-order chi connectivity index (χ1) is 10.6. The Bertz CT molecular complexity index is 574. The van der Waals surface area contributed by atoms with Gasteiger partial charge < -0.3 is 25.4 Å². The third-order valence-corrected chi connectivity index (χ3v) is 3.61. The van der Waals surface area contributed by atoms with Crippen LogP contribution < -0.4 is 20.5 Å². The number of hydrogen-bond donors (Lipinski definition) is 2. The van der Waals surface area contributed by atoms with E-state index in [9.17, 15) is 9.59 Å². The molecule has 1 fully saturated rings. The molecule has 0 spiro atoms. The molecule has 0 atom stereocenters. The Morgan fingerprint density at radius 1 is 1.17 bits per heavy atom. The number of amides is 2. The molecule has 1 aromatic carbocycles. The second-order valence-electron chi connectivity index (χ2n) is 5.00. The minimum Gasteiger partial charge on any atom is -0.493 e. The molecule has 0 aromatic heterocycles. The van der Waals surface area contributed by atoms with Gasteiger partial charge in [0.1, 0.15) is 0 Å². The van der Waals surface area contributed by atoms with Gasteiger partial charge in [0.25, 0.3) is 5.91 Å². The molecule has 8 heteroatoms. The molecule has 7 nitrogen and oxygen atoms in total. The Labute approximate surface area is 141 Å². The predicted octanol–water partition coefficient (Wildman–Crippen LogP) is 1.26. The number of methoxy groups -OCH3 is 2. The summed E-state index contributed by atoms with van der Waals surface area (Å²) in [7, 11) is 2.99. The van der Waals surface area contributed by atoms with Crippen molar-refractivity contribution in [3.63, 3.8) is 0 Å². The van der Waals surface area contributed by atoms with Gasteiger partial charge in [-0.15, -0.1) is 12.4 Å². The monoisotopic (exact) mass is 343 g/mol. The van der Waals surface area contributed by atoms with Crippen LogP contribution in [0.25, 0.3) is 0 Å². The van der Waals surface area contributed by atoms with Crippen molar-refractivity contribution >= 4 is 29.9 Å². The molecule has 23 heavy (non-hydrogen) atoms. The van der Waals surface area contributed by atoms with Crippen molar-refractivity contribution in [3.8, 4) is 11.5 Å². The Morgan fingerprint density at radius 2 is 1.74 bits per heavy atom. The van der Waals surface area contributed by atoms with Gasteiger partial charge in [0.2, 0.25) is 5.91 Å². The zero-order chi connectivity index (χ0) is 16.1. The molecule has 2 rings (SSSR count). The lowest BCUT2D eigenvalue weighted by Gasteiger charge is -2.20. The predicted molar refractivity (Wildman–Crippen MR) is 89.6 cm³/mol. The number of rotatable bonds is 5. The zero-order valence-corrected chi connectivity index (χ0v) is 14.1. The van der Waals surface area contributed by atoms with Crippen LogP contribution in [-0.2, 0) is 4.79 Å². The molecule has 1 saturated heterocycles. The van der Waals surface area contributed by atoms with Gasteiger partial charge in [-0.25, -0.2) is 0 Å². The van der Waals surface area contributed by atoms with Gasteiger partial charge in [0, 0.05) is 19.2 Å². The number of nitrogens with one attached hydrogen (secondary N) is 1. The van der Waals surface area contributed by atoms with Gasteiger partial charge in [-0.3, -0.25) is 9.59 Å². The Morgan fingerprint density at radius 3 is 2.26 bits per heavy atom. The third-order valence-electron chi connectivity index (χ3n) is 3.61. The van der Waals surface area contributed by atoms with Crippen LogP contribution >= 0.6 is 12.4 Å². The van der Waals surface area contributed by atoms with Crippen molar-refractivity contribution in [2.45, 2.75) is 12.8 Å². The lowest BCUT2D eigenvalue weighted by Crippen LogP contribution is -2.30. The molecule has 128 valence electrons. The Kier molecular flexibility index (Phi) is 7.12. The first-order valence-electron chi connectivity index (χ1n) is 7.16. The van der Waals surface area contributed by atoms with Crippen molar-refractivity contribution in [1.82, 2.24) is 4.90 Å². The van der Waals surface area contributed by atoms with E-state index in [2.05, 4.69) is 5.32 Å². The Hall–Kier alpha value is -1.99. The van der Waals surface area contributed by atoms with Gasteiger partial charge >= 0.3 is 0 Å². The van der Waals surface area contributed by atoms with Gasteiger partial charge in [-0.1, -0.05) is 0 Å². The van der Waals surface area contributed by atoms with Crippen molar-refractivity contribution in [2.24, 2.45) is 5.73 Å². The molecule has 1 heterocycles. The van der Waals surface area contributed by atoms with E-state index in [4.69, 9.17) is 15.2 Å². The number of anilines is 1. The van der Waals surface area contributed by atoms with Gasteiger partial charge in [0.15, 0.2) is 11.5 Å². The number of nitrogens with two attached hydrogens (primary N) is 1. The number of benzene rings is 1. The average molecular weight is 344 g/mol. The summed E-state index contributed by atoms with van der Waals surface area (Å²) in [6, 6.07) is 3.17. The van der Waals surface area contributed by atoms with Crippen LogP contribution in [0, 0.1) is 0 Å². The summed E-state index contributed by atoms with van der Waals surface area (Å²) >= 11 is 0. The van der Waals surface area contributed by atoms with E-state index in [0.717, 1.165) is 25.9 Å². The topological polar surface area (TPSA) is 93.9 Å². The highest BCUT2D eigenvalue weighted by Gasteiger charge is 2.24. The van der Waals surface area contributed by atoms with E-state index >= 15 is 0 Å². The van der Waals surface area contributed by atoms with Crippen LogP contribution in [0.1, 0.15) is 23.2 Å². The quantitative estimate of drug-likeness (QED) is 0.839. The summed E-state index contributed by atoms with van der Waals surface area (Å²) in [5.41, 5.74) is 6.09. The smallest absolute Gasteiger partial charge is 0.256 e. The second kappa shape index (κ2) is 8.59. The molecule has 0 aliphatic carbocycles. The SMILES string of the molecule is COc1cc(NC(=O)CN)c(C(=O)N2CCCC2)cc1OC.Cl. The third kappa shape index (κ3) is 4.27. The molecule has 3 N–H and O–H groups in total. The fourth-order valence-electron chi connectivity index (χ4n) is 2.45. The maximum absolute atomic E-state index is 12.7. The van der Waals surface area contributed by atoms with Gasteiger partial charge in [-0.2, -0.15) is 0 Å². The molecule has 1 aliphatic heterocycles. The molecule has 0 bridgehead atoms. The number of carbonyl (C=O) groups excluding carboxylic acids is 2. The van der Waals surface area contributed by atoms with Crippen molar-refractivity contribution in [2.75, 3.05) is 39.2 Å². The number of nitrogens with zero attached hydrogens (tertiary/aromatic N) is 1. The summed E-state index contributed by atoms with van der Waals surface area (Å²) in [6.07, 6.45) is 1.98. The van der Waals surface area contributed by atoms with Crippen LogP contribution in [0.5, 0.6) is 11.5 Å². The maximum Gasteiger partial charge on any atom is 0.256 e. The molecule has 1 aromatic rings. The molecule has 2 amide bonds. The first kappa shape index (κ1) is 19.1. The number of likely N-dealkylation sites (tertiary alicyclic amines) is 1. The fourth-order valence-corrected chi connectivity index (χ4v) is 2.45. The zero-order valence-electron chi connectivity index (χ0n) is 13.3. The van der Waals surface area contributed by atoms with E-state index in [-0.39, 0.29) is 30.8 Å². The highest BCUT2D eigenvalue weighted by atomic mass is 35.5. The van der Waals surface area contributed by atoms with Gasteiger partial charge in [-0.05, 0) is 18.9 Å². The van der Waals surface area contributed by atoms with Crippen molar-refractivity contribution < 1.29 is 19.1 Å². The molecule has 1 aliphatic rings. The number of carbonyl (C=O) groups is 2. The Balaban J connectivity index is 0.00000264. The first-order valence-corrected chi connectivity index (χ1v) is 7.16. The standard InChI is InChI=1S/C15H21N3O4.ClH/c1-21-12-7-10(15(20)18-5-3-4-6-18)11(8-13(12)22-2)17-14(19)9-16;/h7-8H,3-6,9,16H2,1-2H3,(H,17,19);1H. The van der Waals surface area contributed by atoms with Crippen molar-refractivity contribution in [3.05, 3.63) is 17.7 Å². The van der Waals surface area contributed by atoms with Crippen LogP contribution in [0.15, 0.2) is 12.1 Å². The second-order valence-corrected chi connectivity index (χ2v) is 5.00.